The molecule has 2 nitrogen and oxygen atoms in total. The van der Waals surface area contributed by atoms with Gasteiger partial charge in [-0.05, 0) is 0 Å². The molecule has 0 aliphatic carbocycles. The van der Waals surface area contributed by atoms with Crippen LogP contribution >= 0.6 is 0 Å². The molecule has 0 spiro atoms. The molecular weight excluding hydrogens is 217 g/mol. The summed E-state index contributed by atoms with van der Waals surface area (Å²) in [5.74, 6) is -1.74. The van der Waals surface area contributed by atoms with Gasteiger partial charge in [-0.2, -0.15) is 0 Å². The topological polar surface area (TPSA) is 25.8 Å². The Labute approximate surface area is 66.8 Å². The molecule has 0 fully saturated rings. The zero-order valence-corrected chi connectivity index (χ0v) is 6.93. The Morgan fingerprint density at radius 3 is 2.91 bits per heavy atom. The number of hydrogen-bond donors (Lipinski definition) is 0. The van der Waals surface area contributed by atoms with E-state index in [0.29, 0.717) is 4.26 Å². The fourth-order valence-electron chi connectivity index (χ4n) is 0.794. The van der Waals surface area contributed by atoms with Crippen LogP contribution in [0, 0.1) is 11.6 Å². The van der Waals surface area contributed by atoms with Gasteiger partial charge in [-0.3, -0.25) is 0 Å². The number of rotatable bonds is 0. The maximum atomic E-state index is 12.8. The quantitative estimate of drug-likeness (QED) is 0.617. The molecule has 56 valence electrons. The third-order valence-corrected chi connectivity index (χ3v) is 2.76. The van der Waals surface area contributed by atoms with Gasteiger partial charge in [0.25, 0.3) is 0 Å². The average molecular weight is 219 g/mol. The van der Waals surface area contributed by atoms with Crippen molar-refractivity contribution in [3.05, 3.63) is 23.8 Å². The van der Waals surface area contributed by atoms with Gasteiger partial charge in [-0.15, -0.1) is 0 Å². The van der Waals surface area contributed by atoms with Crippen molar-refractivity contribution in [2.24, 2.45) is 0 Å². The fourth-order valence-corrected chi connectivity index (χ4v) is 1.96. The third kappa shape index (κ3) is 0.968. The molecule has 1 aromatic heterocycles. The third-order valence-electron chi connectivity index (χ3n) is 1.31. The minimum atomic E-state index is -0.884. The van der Waals surface area contributed by atoms with Crippen LogP contribution in [0.1, 0.15) is 0 Å². The van der Waals surface area contributed by atoms with Crippen molar-refractivity contribution in [3.8, 4) is 0 Å². The number of halogens is 2. The van der Waals surface area contributed by atoms with Crippen LogP contribution in [0.25, 0.3) is 9.78 Å². The van der Waals surface area contributed by atoms with E-state index in [-0.39, 0.29) is 20.2 Å². The van der Waals surface area contributed by atoms with E-state index in [2.05, 4.69) is 9.19 Å². The minimum absolute atomic E-state index is 0.0741. The molecule has 0 N–H and O–H groups in total. The summed E-state index contributed by atoms with van der Waals surface area (Å²) in [6.45, 7) is 0. The zero-order valence-electron chi connectivity index (χ0n) is 5.21. The van der Waals surface area contributed by atoms with E-state index in [0.717, 1.165) is 6.07 Å². The van der Waals surface area contributed by atoms with Crippen LogP contribution in [0.2, 0.25) is 0 Å². The van der Waals surface area contributed by atoms with E-state index >= 15 is 0 Å². The molecule has 0 radical (unpaired) electrons. The molecule has 0 bridgehead atoms. The molecule has 2 rings (SSSR count). The Morgan fingerprint density at radius 1 is 1.27 bits per heavy atom. The number of benzene rings is 1. The zero-order chi connectivity index (χ0) is 7.84. The van der Waals surface area contributed by atoms with Crippen LogP contribution in [0.15, 0.2) is 12.1 Å². The molecule has 11 heavy (non-hydrogen) atoms. The number of aromatic nitrogens is 2. The molecule has 0 saturated carbocycles. The van der Waals surface area contributed by atoms with E-state index in [9.17, 15) is 8.78 Å². The summed E-state index contributed by atoms with van der Waals surface area (Å²) >= 11 is -0.163. The maximum absolute atomic E-state index is 12.8. The van der Waals surface area contributed by atoms with Crippen LogP contribution in [0.3, 0.4) is 0 Å². The van der Waals surface area contributed by atoms with Crippen molar-refractivity contribution < 1.29 is 8.78 Å². The first-order chi connectivity index (χ1) is 5.29. The number of nitrogens with zero attached hydrogens (tertiary/aromatic N) is 2. The molecule has 0 unspecified atom stereocenters. The summed E-state index contributed by atoms with van der Waals surface area (Å²) in [4.78, 5) is 0. The van der Waals surface area contributed by atoms with Gasteiger partial charge >= 0.3 is 66.3 Å². The van der Waals surface area contributed by atoms with Crippen molar-refractivity contribution in [3.63, 3.8) is 0 Å². The van der Waals surface area contributed by atoms with E-state index < -0.39 is 11.6 Å². The van der Waals surface area contributed by atoms with Gasteiger partial charge in [0.05, 0.1) is 0 Å². The van der Waals surface area contributed by atoms with Crippen molar-refractivity contribution in [2.75, 3.05) is 0 Å². The van der Waals surface area contributed by atoms with E-state index in [1.807, 2.05) is 0 Å². The Morgan fingerprint density at radius 2 is 2.09 bits per heavy atom. The van der Waals surface area contributed by atoms with Gasteiger partial charge in [0.1, 0.15) is 0 Å². The van der Waals surface area contributed by atoms with Crippen molar-refractivity contribution >= 4 is 24.5 Å². The molecule has 2 aromatic rings. The van der Waals surface area contributed by atoms with Crippen molar-refractivity contribution in [1.82, 2.24) is 9.19 Å². The number of hydrogen-bond acceptors (Lipinski definition) is 2. The molecule has 0 aliphatic rings. The second kappa shape index (κ2) is 2.36. The molecule has 1 aromatic carbocycles. The first-order valence-electron chi connectivity index (χ1n) is 2.85. The normalized spacial score (nSPS) is 10.7. The van der Waals surface area contributed by atoms with Crippen LogP contribution < -0.4 is 0 Å². The second-order valence-corrected chi connectivity index (χ2v) is 3.63. The second-order valence-electron chi connectivity index (χ2n) is 1.98. The Kier molecular flexibility index (Phi) is 1.47. The molecule has 0 aliphatic heterocycles. The van der Waals surface area contributed by atoms with Gasteiger partial charge in [0.15, 0.2) is 0 Å². The first kappa shape index (κ1) is 6.88. The summed E-state index contributed by atoms with van der Waals surface area (Å²) in [6, 6.07) is 2.63. The standard InChI is InChI=1S/C6H2F2N2Se/c7-3-1-2-4-6(5(3)8)9-10-11-4/h1-2H. The molecule has 0 saturated heterocycles. The van der Waals surface area contributed by atoms with Crippen LogP contribution in [0.4, 0.5) is 8.78 Å². The Bertz CT molecular complexity index is 398. The SMILES string of the molecule is Fc1ccc2[se]nnc2c1F. The van der Waals surface area contributed by atoms with Gasteiger partial charge < -0.3 is 0 Å². The monoisotopic (exact) mass is 220 g/mol. The molecule has 0 amide bonds. The summed E-state index contributed by atoms with van der Waals surface area (Å²) in [5, 5.41) is 3.50. The number of fused-ring (bicyclic) bond motifs is 1. The van der Waals surface area contributed by atoms with Gasteiger partial charge in [-0.25, -0.2) is 0 Å². The van der Waals surface area contributed by atoms with Gasteiger partial charge in [0, 0.05) is 0 Å². The molecule has 1 heterocycles. The van der Waals surface area contributed by atoms with Crippen molar-refractivity contribution in [2.45, 2.75) is 0 Å². The summed E-state index contributed by atoms with van der Waals surface area (Å²) in [5.41, 5.74) is 0.0741. The molecular formula is C6H2F2N2Se. The van der Waals surface area contributed by atoms with E-state index in [1.54, 1.807) is 0 Å². The summed E-state index contributed by atoms with van der Waals surface area (Å²) in [7, 11) is 0. The van der Waals surface area contributed by atoms with Crippen LogP contribution in [0.5, 0.6) is 0 Å². The predicted molar refractivity (Wildman–Crippen MR) is 36.4 cm³/mol. The van der Waals surface area contributed by atoms with Gasteiger partial charge in [0.2, 0.25) is 0 Å². The first-order valence-corrected chi connectivity index (χ1v) is 4.47. The van der Waals surface area contributed by atoms with Crippen LogP contribution in [-0.2, 0) is 0 Å². The van der Waals surface area contributed by atoms with Crippen molar-refractivity contribution in [1.29, 1.82) is 0 Å². The predicted octanol–water partition coefficient (Wildman–Crippen LogP) is 0.965. The Balaban J connectivity index is 2.93. The molecule has 5 heteroatoms. The molecule has 0 atom stereocenters. The van der Waals surface area contributed by atoms with Crippen LogP contribution in [-0.4, -0.2) is 23.9 Å². The van der Waals surface area contributed by atoms with Gasteiger partial charge in [-0.1, -0.05) is 0 Å². The summed E-state index contributed by atoms with van der Waals surface area (Å²) < 4.78 is 29.6. The fraction of sp³-hybridized carbons (Fsp3) is 0. The average Bonchev–Trinajstić information content (AvgIpc) is 2.45. The van der Waals surface area contributed by atoms with E-state index in [1.165, 1.54) is 6.07 Å². The van der Waals surface area contributed by atoms with E-state index in [4.69, 9.17) is 0 Å². The Hall–Kier alpha value is -0.801. The summed E-state index contributed by atoms with van der Waals surface area (Å²) in [6.07, 6.45) is 0.